The van der Waals surface area contributed by atoms with Gasteiger partial charge in [-0.1, -0.05) is 13.0 Å². The number of hydrogen-bond acceptors (Lipinski definition) is 5. The lowest BCUT2D eigenvalue weighted by Crippen LogP contribution is -2.50. The molecule has 0 aliphatic carbocycles. The number of rotatable bonds is 5. The van der Waals surface area contributed by atoms with Crippen molar-refractivity contribution in [1.82, 2.24) is 19.4 Å². The number of carbonyl (C=O) groups excluding carboxylic acids is 1. The monoisotopic (exact) mass is 341 g/mol. The molecule has 2 aromatic rings. The van der Waals surface area contributed by atoms with E-state index in [1.54, 1.807) is 16.8 Å². The van der Waals surface area contributed by atoms with Gasteiger partial charge in [0, 0.05) is 45.3 Å². The van der Waals surface area contributed by atoms with Crippen molar-refractivity contribution in [2.24, 2.45) is 0 Å². The lowest BCUT2D eigenvalue weighted by molar-refractivity contribution is -0.131. The van der Waals surface area contributed by atoms with Gasteiger partial charge in [-0.15, -0.1) is 6.58 Å². The smallest absolute Gasteiger partial charge is 0.295 e. The highest BCUT2D eigenvalue weighted by atomic mass is 16.2. The lowest BCUT2D eigenvalue weighted by atomic mass is 10.2. The number of carbonyl (C=O) groups is 1. The van der Waals surface area contributed by atoms with Crippen LogP contribution in [0.15, 0.2) is 35.8 Å². The molecule has 0 bridgehead atoms. The van der Waals surface area contributed by atoms with E-state index in [4.69, 9.17) is 0 Å². The molecule has 0 radical (unpaired) electrons. The topological polar surface area (TPSA) is 71.3 Å². The molecule has 7 heteroatoms. The van der Waals surface area contributed by atoms with E-state index in [-0.39, 0.29) is 11.5 Å². The lowest BCUT2D eigenvalue weighted by Gasteiger charge is -2.35. The summed E-state index contributed by atoms with van der Waals surface area (Å²) >= 11 is 0. The van der Waals surface area contributed by atoms with E-state index < -0.39 is 0 Å². The Kier molecular flexibility index (Phi) is 5.11. The van der Waals surface area contributed by atoms with Gasteiger partial charge in [0.05, 0.1) is 0 Å². The summed E-state index contributed by atoms with van der Waals surface area (Å²) in [6.45, 7) is 8.57. The molecule has 2 aromatic heterocycles. The second-order valence-corrected chi connectivity index (χ2v) is 6.10. The zero-order chi connectivity index (χ0) is 17.8. The Morgan fingerprint density at radius 2 is 2.08 bits per heavy atom. The molecule has 7 nitrogen and oxygen atoms in total. The zero-order valence-corrected chi connectivity index (χ0v) is 14.5. The highest BCUT2D eigenvalue weighted by Crippen LogP contribution is 2.15. The predicted molar refractivity (Wildman–Crippen MR) is 97.7 cm³/mol. The van der Waals surface area contributed by atoms with Crippen LogP contribution in [0.5, 0.6) is 0 Å². The molecule has 3 heterocycles. The number of aromatic nitrogens is 3. The van der Waals surface area contributed by atoms with E-state index in [0.29, 0.717) is 56.1 Å². The molecular weight excluding hydrogens is 318 g/mol. The number of nitrogens with zero attached hydrogens (tertiary/aromatic N) is 5. The summed E-state index contributed by atoms with van der Waals surface area (Å²) in [5.41, 5.74) is 1.08. The van der Waals surface area contributed by atoms with Crippen molar-refractivity contribution in [2.75, 3.05) is 31.1 Å². The number of piperazine rings is 1. The van der Waals surface area contributed by atoms with Crippen LogP contribution in [0, 0.1) is 0 Å². The third-order valence-electron chi connectivity index (χ3n) is 4.39. The fourth-order valence-electron chi connectivity index (χ4n) is 3.11. The minimum Gasteiger partial charge on any atom is -0.348 e. The van der Waals surface area contributed by atoms with Crippen molar-refractivity contribution in [2.45, 2.75) is 26.3 Å². The van der Waals surface area contributed by atoms with Gasteiger partial charge >= 0.3 is 0 Å². The van der Waals surface area contributed by atoms with Crippen LogP contribution in [0.25, 0.3) is 11.2 Å². The first kappa shape index (κ1) is 17.1. The largest absolute Gasteiger partial charge is 0.348 e. The number of anilines is 1. The van der Waals surface area contributed by atoms with Crippen LogP contribution >= 0.6 is 0 Å². The Hall–Kier alpha value is -2.70. The molecule has 0 atom stereocenters. The summed E-state index contributed by atoms with van der Waals surface area (Å²) in [6, 6.07) is 3.66. The van der Waals surface area contributed by atoms with Crippen molar-refractivity contribution in [3.05, 3.63) is 41.3 Å². The summed E-state index contributed by atoms with van der Waals surface area (Å²) in [5.74, 6) is 0.604. The number of pyridine rings is 1. The maximum atomic E-state index is 12.9. The standard InChI is InChI=1S/C18H23N5O2/c1-3-6-15(24)21-10-12-22(13-11-21)17-18(25)23(9-4-2)16-14(20-17)7-5-8-19-16/h4-5,7-8H,2-3,6,9-13H2,1H3. The van der Waals surface area contributed by atoms with Crippen molar-refractivity contribution in [1.29, 1.82) is 0 Å². The molecule has 1 saturated heterocycles. The van der Waals surface area contributed by atoms with Crippen LogP contribution in [-0.2, 0) is 11.3 Å². The van der Waals surface area contributed by atoms with Gasteiger partial charge < -0.3 is 9.80 Å². The summed E-state index contributed by atoms with van der Waals surface area (Å²) in [6.07, 6.45) is 4.76. The number of hydrogen-bond donors (Lipinski definition) is 0. The van der Waals surface area contributed by atoms with E-state index in [2.05, 4.69) is 16.5 Å². The minimum atomic E-state index is -0.167. The van der Waals surface area contributed by atoms with Crippen LogP contribution < -0.4 is 10.5 Å². The Morgan fingerprint density at radius 1 is 1.32 bits per heavy atom. The molecule has 1 aliphatic heterocycles. The Bertz CT molecular complexity index is 837. The second-order valence-electron chi connectivity index (χ2n) is 6.10. The average Bonchev–Trinajstić information content (AvgIpc) is 2.64. The van der Waals surface area contributed by atoms with E-state index in [1.165, 1.54) is 0 Å². The first-order valence-electron chi connectivity index (χ1n) is 8.65. The molecule has 0 saturated carbocycles. The molecule has 1 aliphatic rings. The Labute approximate surface area is 146 Å². The fourth-order valence-corrected chi connectivity index (χ4v) is 3.11. The Morgan fingerprint density at radius 3 is 2.76 bits per heavy atom. The van der Waals surface area contributed by atoms with Gasteiger partial charge in [-0.05, 0) is 18.6 Å². The molecule has 0 spiro atoms. The third-order valence-corrected chi connectivity index (χ3v) is 4.39. The van der Waals surface area contributed by atoms with Gasteiger partial charge in [0.2, 0.25) is 5.91 Å². The maximum absolute atomic E-state index is 12.9. The molecule has 0 unspecified atom stereocenters. The normalized spacial score (nSPS) is 14.8. The number of fused-ring (bicyclic) bond motifs is 1. The molecule has 1 amide bonds. The van der Waals surface area contributed by atoms with E-state index >= 15 is 0 Å². The molecule has 25 heavy (non-hydrogen) atoms. The maximum Gasteiger partial charge on any atom is 0.295 e. The van der Waals surface area contributed by atoms with E-state index in [0.717, 1.165) is 6.42 Å². The highest BCUT2D eigenvalue weighted by molar-refractivity contribution is 5.76. The molecule has 0 N–H and O–H groups in total. The summed E-state index contributed by atoms with van der Waals surface area (Å²) in [7, 11) is 0. The van der Waals surface area contributed by atoms with Crippen molar-refractivity contribution in [3.63, 3.8) is 0 Å². The zero-order valence-electron chi connectivity index (χ0n) is 14.5. The predicted octanol–water partition coefficient (Wildman–Crippen LogP) is 1.43. The fraction of sp³-hybridized carbons (Fsp3) is 0.444. The first-order valence-corrected chi connectivity index (χ1v) is 8.65. The van der Waals surface area contributed by atoms with Crippen molar-refractivity contribution < 1.29 is 4.79 Å². The summed E-state index contributed by atoms with van der Waals surface area (Å²) in [4.78, 5) is 37.6. The van der Waals surface area contributed by atoms with Crippen LogP contribution in [0.3, 0.4) is 0 Å². The van der Waals surface area contributed by atoms with E-state index in [1.807, 2.05) is 28.9 Å². The highest BCUT2D eigenvalue weighted by Gasteiger charge is 2.24. The Balaban J connectivity index is 1.89. The molecule has 3 rings (SSSR count). The van der Waals surface area contributed by atoms with Gasteiger partial charge in [-0.3, -0.25) is 14.2 Å². The van der Waals surface area contributed by atoms with Crippen LogP contribution in [0.2, 0.25) is 0 Å². The van der Waals surface area contributed by atoms with Crippen molar-refractivity contribution in [3.8, 4) is 0 Å². The second kappa shape index (κ2) is 7.46. The van der Waals surface area contributed by atoms with Crippen LogP contribution in [-0.4, -0.2) is 51.5 Å². The third kappa shape index (κ3) is 3.40. The quantitative estimate of drug-likeness (QED) is 0.769. The van der Waals surface area contributed by atoms with Gasteiger partial charge in [0.1, 0.15) is 5.52 Å². The van der Waals surface area contributed by atoms with Gasteiger partial charge in [0.15, 0.2) is 11.5 Å². The first-order chi connectivity index (χ1) is 12.2. The SMILES string of the molecule is C=CCn1c(=O)c(N2CCN(C(=O)CCC)CC2)nc2cccnc21. The average molecular weight is 341 g/mol. The summed E-state index contributed by atoms with van der Waals surface area (Å²) < 4.78 is 1.60. The van der Waals surface area contributed by atoms with E-state index in [9.17, 15) is 9.59 Å². The van der Waals surface area contributed by atoms with Gasteiger partial charge in [-0.25, -0.2) is 9.97 Å². The van der Waals surface area contributed by atoms with Crippen molar-refractivity contribution >= 4 is 22.9 Å². The minimum absolute atomic E-state index is 0.167. The van der Waals surface area contributed by atoms with Crippen LogP contribution in [0.1, 0.15) is 19.8 Å². The number of amides is 1. The van der Waals surface area contributed by atoms with Gasteiger partial charge in [0.25, 0.3) is 5.56 Å². The summed E-state index contributed by atoms with van der Waals surface area (Å²) in [5, 5.41) is 0. The molecule has 132 valence electrons. The molecule has 1 fully saturated rings. The van der Waals surface area contributed by atoms with Gasteiger partial charge in [-0.2, -0.15) is 0 Å². The molecular formula is C18H23N5O2. The molecule has 0 aromatic carbocycles. The van der Waals surface area contributed by atoms with Crippen LogP contribution in [0.4, 0.5) is 5.82 Å². The number of allylic oxidation sites excluding steroid dienone is 1.